The van der Waals surface area contributed by atoms with Crippen LogP contribution in [0.1, 0.15) is 0 Å². The highest BCUT2D eigenvalue weighted by Crippen LogP contribution is 2.30. The van der Waals surface area contributed by atoms with Crippen LogP contribution in [0.3, 0.4) is 0 Å². The smallest absolute Gasteiger partial charge is 0.329 e. The van der Waals surface area contributed by atoms with Crippen LogP contribution in [0.25, 0.3) is 0 Å². The van der Waals surface area contributed by atoms with Gasteiger partial charge >= 0.3 is 8.60 Å². The summed E-state index contributed by atoms with van der Waals surface area (Å²) in [4.78, 5) is 16.4. The largest absolute Gasteiger partial charge is 0.333 e. The molecule has 0 saturated heterocycles. The lowest BCUT2D eigenvalue weighted by atomic mass is 11.6. The lowest BCUT2D eigenvalue weighted by molar-refractivity contribution is 0.117. The molecule has 0 aromatic heterocycles. The Balaban J connectivity index is 2.91. The van der Waals surface area contributed by atoms with Gasteiger partial charge in [0.15, 0.2) is 6.79 Å². The Morgan fingerprint density at radius 2 is 1.78 bits per heavy atom. The van der Waals surface area contributed by atoms with Gasteiger partial charge in [0.05, 0.1) is 0 Å². The van der Waals surface area contributed by atoms with E-state index in [1.54, 1.807) is 0 Å². The van der Waals surface area contributed by atoms with E-state index in [1.165, 1.54) is 0 Å². The van der Waals surface area contributed by atoms with Crippen LogP contribution in [0.4, 0.5) is 0 Å². The first-order valence-corrected chi connectivity index (χ1v) is 5.56. The standard InChI is InChI=1S/C3H10O4P2/c1-8(2)6-3-7-9(4)5/h4-5H,3H2,1-2H3. The molecule has 0 aliphatic heterocycles. The van der Waals surface area contributed by atoms with E-state index in [4.69, 9.17) is 14.3 Å². The van der Waals surface area contributed by atoms with Crippen LogP contribution in [0.5, 0.6) is 0 Å². The van der Waals surface area contributed by atoms with Crippen molar-refractivity contribution in [3.63, 3.8) is 0 Å². The van der Waals surface area contributed by atoms with Crippen molar-refractivity contribution in [1.29, 1.82) is 0 Å². The highest BCUT2D eigenvalue weighted by molar-refractivity contribution is 7.50. The second kappa shape index (κ2) is 5.48. The van der Waals surface area contributed by atoms with E-state index >= 15 is 0 Å². The molecule has 9 heavy (non-hydrogen) atoms. The first-order valence-electron chi connectivity index (χ1n) is 2.24. The molecule has 0 aliphatic carbocycles. The average Bonchev–Trinajstić information content (AvgIpc) is 1.63. The molecule has 0 aromatic carbocycles. The van der Waals surface area contributed by atoms with Gasteiger partial charge in [0.2, 0.25) is 0 Å². The molecule has 0 rings (SSSR count). The lowest BCUT2D eigenvalue weighted by Crippen LogP contribution is -1.90. The minimum atomic E-state index is -2.25. The molecule has 0 unspecified atom stereocenters. The average molecular weight is 172 g/mol. The zero-order valence-electron chi connectivity index (χ0n) is 5.31. The summed E-state index contributed by atoms with van der Waals surface area (Å²) in [6.45, 7) is 3.77. The van der Waals surface area contributed by atoms with Gasteiger partial charge in [-0.15, -0.1) is 0 Å². The zero-order chi connectivity index (χ0) is 7.28. The van der Waals surface area contributed by atoms with E-state index in [0.29, 0.717) is 0 Å². The Morgan fingerprint density at radius 1 is 1.22 bits per heavy atom. The summed E-state index contributed by atoms with van der Waals surface area (Å²) in [7, 11) is -2.71. The maximum Gasteiger partial charge on any atom is 0.329 e. The number of hydrogen-bond donors (Lipinski definition) is 2. The zero-order valence-corrected chi connectivity index (χ0v) is 7.10. The summed E-state index contributed by atoms with van der Waals surface area (Å²) in [5.74, 6) is 0. The van der Waals surface area contributed by atoms with E-state index in [1.807, 2.05) is 13.3 Å². The van der Waals surface area contributed by atoms with E-state index in [0.717, 1.165) is 0 Å². The van der Waals surface area contributed by atoms with E-state index in [2.05, 4.69) is 4.52 Å². The molecule has 0 radical (unpaired) electrons. The predicted octanol–water partition coefficient (Wildman–Crippen LogP) is 0.845. The van der Waals surface area contributed by atoms with Crippen molar-refractivity contribution >= 4 is 16.8 Å². The molecular weight excluding hydrogens is 162 g/mol. The normalized spacial score (nSPS) is 11.3. The van der Waals surface area contributed by atoms with Crippen molar-refractivity contribution in [1.82, 2.24) is 0 Å². The Kier molecular flexibility index (Phi) is 5.91. The molecule has 2 N–H and O–H groups in total. The van der Waals surface area contributed by atoms with Crippen LogP contribution >= 0.6 is 16.8 Å². The molecule has 0 aliphatic rings. The molecule has 0 spiro atoms. The molecule has 0 amide bonds. The summed E-state index contributed by atoms with van der Waals surface area (Å²) >= 11 is 0. The van der Waals surface area contributed by atoms with Crippen molar-refractivity contribution in [3.8, 4) is 0 Å². The Bertz CT molecular complexity index is 58.8. The second-order valence-electron chi connectivity index (χ2n) is 1.44. The van der Waals surface area contributed by atoms with Crippen LogP contribution in [-0.2, 0) is 9.05 Å². The van der Waals surface area contributed by atoms with Gasteiger partial charge in [-0.05, 0) is 13.3 Å². The first-order chi connectivity index (χ1) is 4.13. The third-order valence-electron chi connectivity index (χ3n) is 0.479. The second-order valence-corrected chi connectivity index (χ2v) is 4.09. The lowest BCUT2D eigenvalue weighted by Gasteiger charge is -2.06. The van der Waals surface area contributed by atoms with Gasteiger partial charge in [-0.2, -0.15) is 0 Å². The van der Waals surface area contributed by atoms with Crippen LogP contribution in [0.15, 0.2) is 0 Å². The van der Waals surface area contributed by atoms with Gasteiger partial charge in [-0.1, -0.05) is 0 Å². The van der Waals surface area contributed by atoms with Crippen LogP contribution in [0.2, 0.25) is 0 Å². The van der Waals surface area contributed by atoms with Gasteiger partial charge in [-0.3, -0.25) is 4.52 Å². The Labute approximate surface area is 56.6 Å². The Hall–Kier alpha value is 0.700. The third kappa shape index (κ3) is 8.70. The molecule has 0 saturated carbocycles. The van der Waals surface area contributed by atoms with Gasteiger partial charge < -0.3 is 14.3 Å². The molecule has 0 bridgehead atoms. The van der Waals surface area contributed by atoms with E-state index < -0.39 is 16.8 Å². The fourth-order valence-electron chi connectivity index (χ4n) is 0.176. The van der Waals surface area contributed by atoms with E-state index in [9.17, 15) is 0 Å². The summed E-state index contributed by atoms with van der Waals surface area (Å²) in [6.07, 6.45) is 0. The monoisotopic (exact) mass is 172 g/mol. The Morgan fingerprint density at radius 3 is 2.11 bits per heavy atom. The SMILES string of the molecule is CP(C)OCOP(O)O. The highest BCUT2D eigenvalue weighted by atomic mass is 31.2. The summed E-state index contributed by atoms with van der Waals surface area (Å²) in [6, 6.07) is 0. The molecule has 0 fully saturated rings. The van der Waals surface area contributed by atoms with Crippen LogP contribution in [-0.4, -0.2) is 29.9 Å². The van der Waals surface area contributed by atoms with Crippen molar-refractivity contribution < 1.29 is 18.8 Å². The minimum absolute atomic E-state index is 0.0303. The molecule has 56 valence electrons. The summed E-state index contributed by atoms with van der Waals surface area (Å²) < 4.78 is 9.21. The first kappa shape index (κ1) is 9.70. The fraction of sp³-hybridized carbons (Fsp3) is 1.00. The van der Waals surface area contributed by atoms with Crippen molar-refractivity contribution in [3.05, 3.63) is 0 Å². The maximum absolute atomic E-state index is 8.19. The summed E-state index contributed by atoms with van der Waals surface area (Å²) in [5.41, 5.74) is 0. The quantitative estimate of drug-likeness (QED) is 0.487. The van der Waals surface area contributed by atoms with Crippen LogP contribution < -0.4 is 0 Å². The van der Waals surface area contributed by atoms with Crippen molar-refractivity contribution in [2.45, 2.75) is 0 Å². The predicted molar refractivity (Wildman–Crippen MR) is 37.2 cm³/mol. The molecule has 0 atom stereocenters. The molecule has 6 heteroatoms. The van der Waals surface area contributed by atoms with Gasteiger partial charge in [-0.25, -0.2) is 0 Å². The minimum Gasteiger partial charge on any atom is -0.333 e. The molecule has 4 nitrogen and oxygen atoms in total. The van der Waals surface area contributed by atoms with Gasteiger partial charge in [0.1, 0.15) is 0 Å². The van der Waals surface area contributed by atoms with Gasteiger partial charge in [0, 0.05) is 8.15 Å². The van der Waals surface area contributed by atoms with Crippen molar-refractivity contribution in [2.24, 2.45) is 0 Å². The van der Waals surface area contributed by atoms with E-state index in [-0.39, 0.29) is 6.79 Å². The molecule has 0 aromatic rings. The number of rotatable bonds is 4. The molecular formula is C3H10O4P2. The molecule has 0 heterocycles. The maximum atomic E-state index is 8.19. The van der Waals surface area contributed by atoms with Gasteiger partial charge in [0.25, 0.3) is 0 Å². The fourth-order valence-corrected chi connectivity index (χ4v) is 0.670. The van der Waals surface area contributed by atoms with Crippen molar-refractivity contribution in [2.75, 3.05) is 20.1 Å². The third-order valence-corrected chi connectivity index (χ3v) is 1.44. The summed E-state index contributed by atoms with van der Waals surface area (Å²) in [5, 5.41) is 0. The highest BCUT2D eigenvalue weighted by Gasteiger charge is 1.98. The van der Waals surface area contributed by atoms with Crippen LogP contribution in [0, 0.1) is 0 Å². The number of hydrogen-bond acceptors (Lipinski definition) is 4. The topological polar surface area (TPSA) is 58.9 Å².